The Morgan fingerprint density at radius 1 is 1.03 bits per heavy atom. The van der Waals surface area contributed by atoms with E-state index in [0.717, 1.165) is 46.7 Å². The van der Waals surface area contributed by atoms with Gasteiger partial charge in [0.15, 0.2) is 5.76 Å². The second-order valence-electron chi connectivity index (χ2n) is 7.21. The number of aromatic nitrogens is 1. The zero-order chi connectivity index (χ0) is 21.1. The molecule has 1 aliphatic rings. The van der Waals surface area contributed by atoms with Crippen molar-refractivity contribution in [3.8, 4) is 0 Å². The zero-order valence-electron chi connectivity index (χ0n) is 16.9. The maximum Gasteiger partial charge on any atom is 0.291 e. The van der Waals surface area contributed by atoms with Crippen LogP contribution in [-0.2, 0) is 6.42 Å². The normalized spacial score (nSPS) is 14.3. The number of hydrogen-bond donors (Lipinski definition) is 2. The minimum absolute atomic E-state index is 0.276. The molecule has 7 nitrogen and oxygen atoms in total. The Bertz CT molecular complexity index is 1130. The van der Waals surface area contributed by atoms with Crippen LogP contribution in [0.1, 0.15) is 56.2 Å². The van der Waals surface area contributed by atoms with Gasteiger partial charge >= 0.3 is 0 Å². The number of hydrazone groups is 1. The SMILES string of the molecule is Cc1ccccc1NC(=O)c1oc2c(c1C)/C(=N/NC(=O)c1ccncc1)CCC2. The summed E-state index contributed by atoms with van der Waals surface area (Å²) >= 11 is 0. The molecular formula is C23H22N4O3. The smallest absolute Gasteiger partial charge is 0.291 e. The number of anilines is 1. The lowest BCUT2D eigenvalue weighted by molar-refractivity contribution is 0.0953. The summed E-state index contributed by atoms with van der Waals surface area (Å²) in [5.74, 6) is 0.399. The molecule has 0 spiro atoms. The number of para-hydroxylation sites is 1. The van der Waals surface area contributed by atoms with Crippen molar-refractivity contribution in [1.29, 1.82) is 0 Å². The zero-order valence-corrected chi connectivity index (χ0v) is 16.9. The minimum atomic E-state index is -0.310. The van der Waals surface area contributed by atoms with Gasteiger partial charge in [-0.15, -0.1) is 0 Å². The van der Waals surface area contributed by atoms with Crippen LogP contribution in [0.15, 0.2) is 58.3 Å². The molecule has 152 valence electrons. The maximum absolute atomic E-state index is 12.8. The highest BCUT2D eigenvalue weighted by Gasteiger charge is 2.28. The van der Waals surface area contributed by atoms with Crippen molar-refractivity contribution in [3.63, 3.8) is 0 Å². The van der Waals surface area contributed by atoms with Gasteiger partial charge in [-0.3, -0.25) is 14.6 Å². The summed E-state index contributed by atoms with van der Waals surface area (Å²) in [5, 5.41) is 7.25. The van der Waals surface area contributed by atoms with Gasteiger partial charge in [-0.25, -0.2) is 5.43 Å². The molecule has 0 unspecified atom stereocenters. The number of carbonyl (C=O) groups excluding carboxylic acids is 2. The Morgan fingerprint density at radius 2 is 1.80 bits per heavy atom. The molecule has 0 fully saturated rings. The number of pyridine rings is 1. The molecule has 1 aromatic carbocycles. The van der Waals surface area contributed by atoms with Crippen LogP contribution in [0.3, 0.4) is 0 Å². The van der Waals surface area contributed by atoms with E-state index in [-0.39, 0.29) is 17.6 Å². The standard InChI is InChI=1S/C23H22N4O3/c1-14-6-3-4-7-17(14)25-23(29)21-15(2)20-18(8-5-9-19(20)30-21)26-27-22(28)16-10-12-24-13-11-16/h3-4,6-7,10-13H,5,8-9H2,1-2H3,(H,25,29)(H,27,28)/b26-18+. The lowest BCUT2D eigenvalue weighted by atomic mass is 9.93. The minimum Gasteiger partial charge on any atom is -0.455 e. The fraction of sp³-hybridized carbons (Fsp3) is 0.217. The number of nitrogens with one attached hydrogen (secondary N) is 2. The summed E-state index contributed by atoms with van der Waals surface area (Å²) in [6, 6.07) is 10.8. The summed E-state index contributed by atoms with van der Waals surface area (Å²) in [4.78, 5) is 29.0. The molecule has 0 aliphatic heterocycles. The lowest BCUT2D eigenvalue weighted by Crippen LogP contribution is -2.22. The molecule has 2 heterocycles. The first-order valence-corrected chi connectivity index (χ1v) is 9.81. The first kappa shape index (κ1) is 19.6. The van der Waals surface area contributed by atoms with E-state index < -0.39 is 0 Å². The molecule has 0 saturated heterocycles. The quantitative estimate of drug-likeness (QED) is 0.644. The molecule has 0 radical (unpaired) electrons. The van der Waals surface area contributed by atoms with Gasteiger partial charge in [-0.05, 0) is 50.5 Å². The fourth-order valence-electron chi connectivity index (χ4n) is 3.57. The average Bonchev–Trinajstić information content (AvgIpc) is 3.11. The molecule has 0 atom stereocenters. The molecule has 3 aromatic rings. The van der Waals surface area contributed by atoms with Crippen LogP contribution in [0.5, 0.6) is 0 Å². The van der Waals surface area contributed by atoms with E-state index in [1.165, 1.54) is 0 Å². The molecule has 2 amide bonds. The average molecular weight is 402 g/mol. The maximum atomic E-state index is 12.8. The summed E-state index contributed by atoms with van der Waals surface area (Å²) in [5.41, 5.74) is 7.06. The monoisotopic (exact) mass is 402 g/mol. The second kappa shape index (κ2) is 8.32. The number of rotatable bonds is 4. The highest BCUT2D eigenvalue weighted by atomic mass is 16.4. The van der Waals surface area contributed by atoms with Crippen LogP contribution < -0.4 is 10.7 Å². The largest absolute Gasteiger partial charge is 0.455 e. The highest BCUT2D eigenvalue weighted by Crippen LogP contribution is 2.30. The van der Waals surface area contributed by atoms with Crippen LogP contribution in [0.4, 0.5) is 5.69 Å². The summed E-state index contributed by atoms with van der Waals surface area (Å²) < 4.78 is 5.92. The van der Waals surface area contributed by atoms with Gasteiger partial charge in [-0.2, -0.15) is 5.10 Å². The van der Waals surface area contributed by atoms with E-state index in [1.54, 1.807) is 24.5 Å². The Morgan fingerprint density at radius 3 is 2.57 bits per heavy atom. The van der Waals surface area contributed by atoms with Crippen LogP contribution in [0, 0.1) is 13.8 Å². The van der Waals surface area contributed by atoms with E-state index in [2.05, 4.69) is 20.8 Å². The third kappa shape index (κ3) is 3.87. The van der Waals surface area contributed by atoms with Crippen molar-refractivity contribution < 1.29 is 14.0 Å². The molecule has 1 aliphatic carbocycles. The second-order valence-corrected chi connectivity index (χ2v) is 7.21. The van der Waals surface area contributed by atoms with Crippen molar-refractivity contribution in [3.05, 3.63) is 82.6 Å². The summed E-state index contributed by atoms with van der Waals surface area (Å²) in [6.45, 7) is 3.78. The van der Waals surface area contributed by atoms with Crippen LogP contribution in [0.25, 0.3) is 0 Å². The van der Waals surface area contributed by atoms with Crippen molar-refractivity contribution >= 4 is 23.2 Å². The van der Waals surface area contributed by atoms with Crippen LogP contribution >= 0.6 is 0 Å². The number of amides is 2. The van der Waals surface area contributed by atoms with Gasteiger partial charge in [0.1, 0.15) is 5.76 Å². The fourth-order valence-corrected chi connectivity index (χ4v) is 3.57. The van der Waals surface area contributed by atoms with Gasteiger partial charge in [0, 0.05) is 41.2 Å². The summed E-state index contributed by atoms with van der Waals surface area (Å²) in [7, 11) is 0. The molecular weight excluding hydrogens is 380 g/mol. The van der Waals surface area contributed by atoms with Crippen LogP contribution in [0.2, 0.25) is 0 Å². The number of nitrogens with zero attached hydrogens (tertiary/aromatic N) is 2. The summed E-state index contributed by atoms with van der Waals surface area (Å²) in [6.07, 6.45) is 5.37. The number of benzene rings is 1. The molecule has 2 N–H and O–H groups in total. The van der Waals surface area contributed by atoms with Gasteiger partial charge in [0.05, 0.1) is 5.71 Å². The third-order valence-electron chi connectivity index (χ3n) is 5.16. The Hall–Kier alpha value is -3.74. The Kier molecular flexibility index (Phi) is 5.43. The van der Waals surface area contributed by atoms with Gasteiger partial charge in [0.2, 0.25) is 0 Å². The van der Waals surface area contributed by atoms with Crippen LogP contribution in [-0.4, -0.2) is 22.5 Å². The van der Waals surface area contributed by atoms with Crippen molar-refractivity contribution in [2.45, 2.75) is 33.1 Å². The third-order valence-corrected chi connectivity index (χ3v) is 5.16. The first-order chi connectivity index (χ1) is 14.5. The van der Waals surface area contributed by atoms with Gasteiger partial charge in [-0.1, -0.05) is 18.2 Å². The number of furan rings is 1. The lowest BCUT2D eigenvalue weighted by Gasteiger charge is -2.13. The predicted octanol–water partition coefficient (Wildman–Crippen LogP) is 4.01. The highest BCUT2D eigenvalue weighted by molar-refractivity contribution is 6.09. The van der Waals surface area contributed by atoms with E-state index >= 15 is 0 Å². The van der Waals surface area contributed by atoms with Gasteiger partial charge < -0.3 is 9.73 Å². The molecule has 7 heteroatoms. The number of carbonyl (C=O) groups is 2. The van der Waals surface area contributed by atoms with Crippen molar-refractivity contribution in [2.75, 3.05) is 5.32 Å². The number of hydrogen-bond acceptors (Lipinski definition) is 5. The molecule has 30 heavy (non-hydrogen) atoms. The number of aryl methyl sites for hydroxylation is 2. The predicted molar refractivity (Wildman–Crippen MR) is 114 cm³/mol. The molecule has 0 bridgehead atoms. The molecule has 4 rings (SSSR count). The van der Waals surface area contributed by atoms with E-state index in [9.17, 15) is 9.59 Å². The van der Waals surface area contributed by atoms with E-state index in [0.29, 0.717) is 12.0 Å². The van der Waals surface area contributed by atoms with Crippen molar-refractivity contribution in [2.24, 2.45) is 5.10 Å². The molecule has 0 saturated carbocycles. The number of fused-ring (bicyclic) bond motifs is 1. The topological polar surface area (TPSA) is 96.6 Å². The van der Waals surface area contributed by atoms with Gasteiger partial charge in [0.25, 0.3) is 11.8 Å². The first-order valence-electron chi connectivity index (χ1n) is 9.81. The van der Waals surface area contributed by atoms with Crippen molar-refractivity contribution in [1.82, 2.24) is 10.4 Å². The van der Waals surface area contributed by atoms with E-state index in [4.69, 9.17) is 4.42 Å². The molecule has 2 aromatic heterocycles. The Labute approximate surface area is 174 Å². The Balaban J connectivity index is 1.58. The van der Waals surface area contributed by atoms with E-state index in [1.807, 2.05) is 38.1 Å².